The van der Waals surface area contributed by atoms with Gasteiger partial charge in [-0.3, -0.25) is 4.79 Å². The number of benzene rings is 1. The van der Waals surface area contributed by atoms with Gasteiger partial charge in [-0.1, -0.05) is 29.8 Å². The van der Waals surface area contributed by atoms with Crippen molar-refractivity contribution in [2.45, 2.75) is 33.6 Å². The second kappa shape index (κ2) is 7.53. The maximum absolute atomic E-state index is 11.2. The second-order valence-electron chi connectivity index (χ2n) is 4.96. The van der Waals surface area contributed by atoms with Crippen LogP contribution in [0.5, 0.6) is 0 Å². The number of aryl methyl sites for hydroxylation is 2. The highest BCUT2D eigenvalue weighted by Crippen LogP contribution is 2.25. The monoisotopic (exact) mass is 273 g/mol. The van der Waals surface area contributed by atoms with E-state index in [1.165, 1.54) is 18.2 Å². The van der Waals surface area contributed by atoms with E-state index in [0.717, 1.165) is 16.7 Å². The second-order valence-corrected chi connectivity index (χ2v) is 4.96. The van der Waals surface area contributed by atoms with E-state index in [1.54, 1.807) is 6.20 Å². The van der Waals surface area contributed by atoms with Crippen molar-refractivity contribution in [3.8, 4) is 0 Å². The Balaban J connectivity index is 2.95. The number of nitrogens with two attached hydrogens (primary N) is 1. The fourth-order valence-corrected chi connectivity index (χ4v) is 2.21. The summed E-state index contributed by atoms with van der Waals surface area (Å²) < 4.78 is 4.65. The molecule has 0 amide bonds. The Morgan fingerprint density at radius 1 is 1.25 bits per heavy atom. The molecular formula is C17H23NO2. The Labute approximate surface area is 121 Å². The Morgan fingerprint density at radius 3 is 2.35 bits per heavy atom. The standard InChI is InChI=1S/C17H23NO2/c1-12(8-9-16(19)20-4)10-15(11-18)17-13(2)6-5-7-14(17)3/h5-7,10-11H,8-9,18H2,1-4H3/b12-10+,15-11+. The first kappa shape index (κ1) is 16.0. The van der Waals surface area contributed by atoms with Crippen LogP contribution in [0.4, 0.5) is 0 Å². The van der Waals surface area contributed by atoms with Crippen molar-refractivity contribution in [2.24, 2.45) is 5.73 Å². The molecule has 0 bridgehead atoms. The van der Waals surface area contributed by atoms with Crippen LogP contribution < -0.4 is 5.73 Å². The van der Waals surface area contributed by atoms with Crippen LogP contribution in [-0.4, -0.2) is 13.1 Å². The predicted molar refractivity (Wildman–Crippen MR) is 83.1 cm³/mol. The molecule has 0 saturated carbocycles. The summed E-state index contributed by atoms with van der Waals surface area (Å²) in [4.78, 5) is 11.2. The number of methoxy groups -OCH3 is 1. The van der Waals surface area contributed by atoms with Crippen molar-refractivity contribution in [3.05, 3.63) is 52.7 Å². The van der Waals surface area contributed by atoms with Gasteiger partial charge < -0.3 is 10.5 Å². The summed E-state index contributed by atoms with van der Waals surface area (Å²) >= 11 is 0. The number of hydrogen-bond donors (Lipinski definition) is 1. The van der Waals surface area contributed by atoms with Gasteiger partial charge in [0.2, 0.25) is 0 Å². The summed E-state index contributed by atoms with van der Waals surface area (Å²) in [6.45, 7) is 6.15. The van der Waals surface area contributed by atoms with Crippen molar-refractivity contribution in [1.29, 1.82) is 0 Å². The molecule has 1 aromatic rings. The van der Waals surface area contributed by atoms with Gasteiger partial charge in [-0.25, -0.2) is 0 Å². The Hall–Kier alpha value is -2.03. The van der Waals surface area contributed by atoms with E-state index in [9.17, 15) is 4.79 Å². The minimum atomic E-state index is -0.192. The van der Waals surface area contributed by atoms with Crippen molar-refractivity contribution in [1.82, 2.24) is 0 Å². The molecule has 0 aromatic heterocycles. The zero-order valence-corrected chi connectivity index (χ0v) is 12.7. The van der Waals surface area contributed by atoms with Crippen molar-refractivity contribution in [3.63, 3.8) is 0 Å². The largest absolute Gasteiger partial charge is 0.469 e. The Bertz CT molecular complexity index is 522. The van der Waals surface area contributed by atoms with E-state index in [-0.39, 0.29) is 5.97 Å². The third-order valence-corrected chi connectivity index (χ3v) is 3.30. The first-order valence-electron chi connectivity index (χ1n) is 6.72. The molecule has 3 nitrogen and oxygen atoms in total. The molecule has 20 heavy (non-hydrogen) atoms. The fraction of sp³-hybridized carbons (Fsp3) is 0.353. The lowest BCUT2D eigenvalue weighted by Crippen LogP contribution is -2.00. The van der Waals surface area contributed by atoms with Gasteiger partial charge >= 0.3 is 5.97 Å². The van der Waals surface area contributed by atoms with Gasteiger partial charge in [0, 0.05) is 12.6 Å². The number of esters is 1. The van der Waals surface area contributed by atoms with Crippen molar-refractivity contribution >= 4 is 11.5 Å². The zero-order chi connectivity index (χ0) is 15.1. The van der Waals surface area contributed by atoms with Crippen molar-refractivity contribution < 1.29 is 9.53 Å². The smallest absolute Gasteiger partial charge is 0.305 e. The Kier molecular flexibility index (Phi) is 6.04. The van der Waals surface area contributed by atoms with Gasteiger partial charge in [0.25, 0.3) is 0 Å². The van der Waals surface area contributed by atoms with Gasteiger partial charge in [0.05, 0.1) is 7.11 Å². The summed E-state index contributed by atoms with van der Waals surface area (Å²) in [6.07, 6.45) is 4.73. The van der Waals surface area contributed by atoms with Gasteiger partial charge in [-0.2, -0.15) is 0 Å². The first-order valence-corrected chi connectivity index (χ1v) is 6.72. The molecule has 108 valence electrons. The lowest BCUT2D eigenvalue weighted by Gasteiger charge is -2.11. The molecule has 3 heteroatoms. The molecule has 0 atom stereocenters. The van der Waals surface area contributed by atoms with Crippen LogP contribution in [0.2, 0.25) is 0 Å². The van der Waals surface area contributed by atoms with Crippen LogP contribution in [0.1, 0.15) is 36.5 Å². The van der Waals surface area contributed by atoms with Gasteiger partial charge in [0.15, 0.2) is 0 Å². The highest BCUT2D eigenvalue weighted by atomic mass is 16.5. The van der Waals surface area contributed by atoms with Gasteiger partial charge in [-0.05, 0) is 49.5 Å². The average molecular weight is 273 g/mol. The van der Waals surface area contributed by atoms with Gasteiger partial charge in [0.1, 0.15) is 0 Å². The van der Waals surface area contributed by atoms with Gasteiger partial charge in [-0.15, -0.1) is 0 Å². The molecule has 0 heterocycles. The minimum absolute atomic E-state index is 0.192. The molecular weight excluding hydrogens is 250 g/mol. The van der Waals surface area contributed by atoms with Crippen LogP contribution in [-0.2, 0) is 9.53 Å². The molecule has 1 aromatic carbocycles. The van der Waals surface area contributed by atoms with Crippen LogP contribution in [0.3, 0.4) is 0 Å². The summed E-state index contributed by atoms with van der Waals surface area (Å²) in [7, 11) is 1.41. The predicted octanol–water partition coefficient (Wildman–Crippen LogP) is 3.50. The SMILES string of the molecule is COC(=O)CC/C(C)=C/C(=C\N)c1c(C)cccc1C. The summed E-state index contributed by atoms with van der Waals surface area (Å²) in [5.41, 5.74) is 11.4. The van der Waals surface area contributed by atoms with E-state index in [0.29, 0.717) is 12.8 Å². The quantitative estimate of drug-likeness (QED) is 0.660. The van der Waals surface area contributed by atoms with E-state index in [4.69, 9.17) is 5.73 Å². The molecule has 0 aliphatic heterocycles. The fourth-order valence-electron chi connectivity index (χ4n) is 2.21. The molecule has 2 N–H and O–H groups in total. The maximum atomic E-state index is 11.2. The molecule has 0 unspecified atom stereocenters. The molecule has 0 fully saturated rings. The highest BCUT2D eigenvalue weighted by molar-refractivity contribution is 5.78. The molecule has 0 spiro atoms. The third-order valence-electron chi connectivity index (χ3n) is 3.30. The van der Waals surface area contributed by atoms with E-state index in [2.05, 4.69) is 30.7 Å². The lowest BCUT2D eigenvalue weighted by atomic mass is 9.94. The topological polar surface area (TPSA) is 52.3 Å². The number of rotatable bonds is 5. The average Bonchev–Trinajstić information content (AvgIpc) is 2.43. The summed E-state index contributed by atoms with van der Waals surface area (Å²) in [5, 5.41) is 0. The number of carbonyl (C=O) groups is 1. The highest BCUT2D eigenvalue weighted by Gasteiger charge is 2.07. The number of carbonyl (C=O) groups excluding carboxylic acids is 1. The van der Waals surface area contributed by atoms with Crippen molar-refractivity contribution in [2.75, 3.05) is 7.11 Å². The Morgan fingerprint density at radius 2 is 1.85 bits per heavy atom. The van der Waals surface area contributed by atoms with Crippen LogP contribution >= 0.6 is 0 Å². The number of ether oxygens (including phenoxy) is 1. The summed E-state index contributed by atoms with van der Waals surface area (Å²) in [5.74, 6) is -0.192. The molecule has 0 aliphatic carbocycles. The molecule has 0 aliphatic rings. The zero-order valence-electron chi connectivity index (χ0n) is 12.7. The van der Waals surface area contributed by atoms with Crippen LogP contribution in [0.15, 0.2) is 36.0 Å². The number of allylic oxidation sites excluding steroid dienone is 3. The van der Waals surface area contributed by atoms with E-state index in [1.807, 2.05) is 19.1 Å². The van der Waals surface area contributed by atoms with E-state index >= 15 is 0 Å². The van der Waals surface area contributed by atoms with Crippen LogP contribution in [0, 0.1) is 13.8 Å². The first-order chi connectivity index (χ1) is 9.49. The van der Waals surface area contributed by atoms with Crippen LogP contribution in [0.25, 0.3) is 5.57 Å². The maximum Gasteiger partial charge on any atom is 0.305 e. The lowest BCUT2D eigenvalue weighted by molar-refractivity contribution is -0.140. The molecule has 0 radical (unpaired) electrons. The third kappa shape index (κ3) is 4.26. The molecule has 0 saturated heterocycles. The normalized spacial score (nSPS) is 12.4. The molecule has 1 rings (SSSR count). The van der Waals surface area contributed by atoms with E-state index < -0.39 is 0 Å². The number of hydrogen-bond acceptors (Lipinski definition) is 3. The summed E-state index contributed by atoms with van der Waals surface area (Å²) in [6, 6.07) is 6.18. The minimum Gasteiger partial charge on any atom is -0.469 e.